The normalized spacial score (nSPS) is 14.5. The van der Waals surface area contributed by atoms with E-state index in [0.717, 1.165) is 38.5 Å². The molecule has 1 amide bonds. The highest BCUT2D eigenvalue weighted by atomic mass is 16.3. The van der Waals surface area contributed by atoms with E-state index in [-0.39, 0.29) is 18.0 Å². The van der Waals surface area contributed by atoms with Crippen molar-refractivity contribution >= 4 is 5.91 Å². The van der Waals surface area contributed by atoms with Crippen molar-refractivity contribution in [2.45, 2.75) is 110 Å². The maximum Gasteiger partial charge on any atom is 0.217 e. The van der Waals surface area contributed by atoms with E-state index >= 15 is 0 Å². The fourth-order valence-corrected chi connectivity index (χ4v) is 2.12. The van der Waals surface area contributed by atoms with Gasteiger partial charge < -0.3 is 21.3 Å². The largest absolute Gasteiger partial charge is 0.390 e. The highest BCUT2D eigenvalue weighted by Gasteiger charge is 2.13. The third-order valence-corrected chi connectivity index (χ3v) is 3.32. The number of hydrogen-bond donors (Lipinski definition) is 4. The van der Waals surface area contributed by atoms with E-state index in [2.05, 4.69) is 5.32 Å². The number of nitrogens with one attached hydrogen (secondary N) is 1. The lowest BCUT2D eigenvalue weighted by molar-refractivity contribution is -0.119. The molecule has 0 aromatic rings. The van der Waals surface area contributed by atoms with E-state index in [1.54, 1.807) is 13.8 Å². The molecule has 0 spiro atoms. The minimum atomic E-state index is -0.587. The minimum Gasteiger partial charge on any atom is -0.390 e. The summed E-state index contributed by atoms with van der Waals surface area (Å²) in [5, 5.41) is 21.5. The second kappa shape index (κ2) is 11.8. The van der Waals surface area contributed by atoms with Crippen LogP contribution in [0, 0.1) is 0 Å². The first-order chi connectivity index (χ1) is 10.2. The first-order valence-electron chi connectivity index (χ1n) is 8.70. The van der Waals surface area contributed by atoms with E-state index in [9.17, 15) is 15.0 Å². The molecule has 2 unspecified atom stereocenters. The fraction of sp³-hybridized carbons (Fsp3) is 0.944. The van der Waals surface area contributed by atoms with Crippen LogP contribution in [0.3, 0.4) is 0 Å². The van der Waals surface area contributed by atoms with Gasteiger partial charge in [0.2, 0.25) is 5.91 Å². The molecule has 5 heteroatoms. The van der Waals surface area contributed by atoms with Gasteiger partial charge in [0.25, 0.3) is 0 Å². The molecule has 0 rings (SSSR count). The van der Waals surface area contributed by atoms with Gasteiger partial charge in [0.1, 0.15) is 0 Å². The Morgan fingerprint density at radius 2 is 1.39 bits per heavy atom. The van der Waals surface area contributed by atoms with Gasteiger partial charge in [-0.15, -0.1) is 0 Å². The van der Waals surface area contributed by atoms with Crippen LogP contribution in [-0.4, -0.2) is 39.4 Å². The molecule has 0 aliphatic carbocycles. The number of amides is 1. The van der Waals surface area contributed by atoms with Crippen LogP contribution in [0.25, 0.3) is 0 Å². The Bertz CT molecular complexity index is 304. The molecule has 0 aromatic carbocycles. The molecule has 0 aliphatic heterocycles. The van der Waals surface area contributed by atoms with Crippen LogP contribution in [0.5, 0.6) is 0 Å². The molecule has 2 atom stereocenters. The Balaban J connectivity index is 0. The summed E-state index contributed by atoms with van der Waals surface area (Å²) in [7, 11) is 0. The summed E-state index contributed by atoms with van der Waals surface area (Å²) in [6, 6.07) is 0.474. The van der Waals surface area contributed by atoms with Gasteiger partial charge in [-0.05, 0) is 80.1 Å². The van der Waals surface area contributed by atoms with Gasteiger partial charge >= 0.3 is 0 Å². The second-order valence-electron chi connectivity index (χ2n) is 7.99. The van der Waals surface area contributed by atoms with Crippen LogP contribution >= 0.6 is 0 Å². The molecule has 5 N–H and O–H groups in total. The molecule has 0 aromatic heterocycles. The van der Waals surface area contributed by atoms with Crippen LogP contribution in [0.2, 0.25) is 0 Å². The van der Waals surface area contributed by atoms with Gasteiger partial charge in [-0.3, -0.25) is 4.79 Å². The monoisotopic (exact) mass is 332 g/mol. The number of carbonyl (C=O) groups excluding carboxylic acids is 1. The van der Waals surface area contributed by atoms with Gasteiger partial charge in [-0.2, -0.15) is 0 Å². The third-order valence-electron chi connectivity index (χ3n) is 3.32. The maximum absolute atomic E-state index is 10.7. The lowest BCUT2D eigenvalue weighted by atomic mass is 10.00. The maximum atomic E-state index is 10.7. The van der Waals surface area contributed by atoms with E-state index in [1.165, 1.54) is 6.92 Å². The average Bonchev–Trinajstić information content (AvgIpc) is 2.24. The van der Waals surface area contributed by atoms with Gasteiger partial charge in [-0.25, -0.2) is 0 Å². The summed E-state index contributed by atoms with van der Waals surface area (Å²) in [5.41, 5.74) is 4.43. The first-order valence-corrected chi connectivity index (χ1v) is 8.70. The Labute approximate surface area is 143 Å². The van der Waals surface area contributed by atoms with Gasteiger partial charge in [0.15, 0.2) is 0 Å². The van der Waals surface area contributed by atoms with E-state index < -0.39 is 11.2 Å². The highest BCUT2D eigenvalue weighted by Crippen LogP contribution is 2.13. The minimum absolute atomic E-state index is 0.00996. The first kappa shape index (κ1) is 24.6. The molecule has 140 valence electrons. The van der Waals surface area contributed by atoms with E-state index in [1.807, 2.05) is 27.7 Å². The van der Waals surface area contributed by atoms with E-state index in [4.69, 9.17) is 5.73 Å². The molecular weight excluding hydrogens is 292 g/mol. The Kier molecular flexibility index (Phi) is 12.6. The molecule has 0 saturated carbocycles. The van der Waals surface area contributed by atoms with Crippen LogP contribution in [0.1, 0.15) is 87.0 Å². The number of hydrogen-bond acceptors (Lipinski definition) is 4. The number of carbonyl (C=O) groups is 1. The number of rotatable bonds is 9. The fourth-order valence-electron chi connectivity index (χ4n) is 2.12. The molecule has 0 bridgehead atoms. The van der Waals surface area contributed by atoms with Crippen molar-refractivity contribution in [3.05, 3.63) is 0 Å². The summed E-state index contributed by atoms with van der Waals surface area (Å²) >= 11 is 0. The zero-order chi connectivity index (χ0) is 18.7. The molecule has 0 radical (unpaired) electrons. The molecule has 0 fully saturated rings. The third kappa shape index (κ3) is 26.6. The number of aliphatic hydroxyl groups is 2. The zero-order valence-corrected chi connectivity index (χ0v) is 16.3. The summed E-state index contributed by atoms with van der Waals surface area (Å²) < 4.78 is 0. The Morgan fingerprint density at radius 1 is 1.00 bits per heavy atom. The summed E-state index contributed by atoms with van der Waals surface area (Å²) in [6.07, 6.45) is 5.49. The standard InChI is InChI=1S/C10H21NO2.C8H19NO/c1-8(11-9(2)12)6-5-7-10(3,4)13;1-7(9)5-4-6-8(2,3)10/h8,13H,5-7H2,1-4H3,(H,11,12);7,10H,4-6,9H2,1-3H3. The zero-order valence-electron chi connectivity index (χ0n) is 16.3. The lowest BCUT2D eigenvalue weighted by Gasteiger charge is -2.18. The highest BCUT2D eigenvalue weighted by molar-refractivity contribution is 5.73. The quantitative estimate of drug-likeness (QED) is 0.522. The Hall–Kier alpha value is -0.650. The molecule has 23 heavy (non-hydrogen) atoms. The summed E-state index contributed by atoms with van der Waals surface area (Å²) in [6.45, 7) is 12.7. The van der Waals surface area contributed by atoms with Crippen LogP contribution in [0.4, 0.5) is 0 Å². The molecular formula is C18H40N2O3. The van der Waals surface area contributed by atoms with Crippen molar-refractivity contribution in [1.29, 1.82) is 0 Å². The van der Waals surface area contributed by atoms with Crippen molar-refractivity contribution in [2.24, 2.45) is 5.73 Å². The number of nitrogens with two attached hydrogens (primary N) is 1. The molecule has 0 saturated heterocycles. The second-order valence-corrected chi connectivity index (χ2v) is 7.99. The predicted octanol–water partition coefficient (Wildman–Crippen LogP) is 2.73. The van der Waals surface area contributed by atoms with Crippen molar-refractivity contribution in [1.82, 2.24) is 5.32 Å². The van der Waals surface area contributed by atoms with Gasteiger partial charge in [0, 0.05) is 19.0 Å². The van der Waals surface area contributed by atoms with Crippen molar-refractivity contribution in [2.75, 3.05) is 0 Å². The predicted molar refractivity (Wildman–Crippen MR) is 97.2 cm³/mol. The Morgan fingerprint density at radius 3 is 1.70 bits per heavy atom. The topological polar surface area (TPSA) is 95.6 Å². The summed E-state index contributed by atoms with van der Waals surface area (Å²) in [4.78, 5) is 10.7. The lowest BCUT2D eigenvalue weighted by Crippen LogP contribution is -2.30. The summed E-state index contributed by atoms with van der Waals surface area (Å²) in [5.74, 6) is 0.00996. The molecule has 0 aliphatic rings. The smallest absolute Gasteiger partial charge is 0.217 e. The molecule has 0 heterocycles. The molecule has 5 nitrogen and oxygen atoms in total. The van der Waals surface area contributed by atoms with Crippen molar-refractivity contribution < 1.29 is 15.0 Å². The van der Waals surface area contributed by atoms with Crippen LogP contribution in [0.15, 0.2) is 0 Å². The van der Waals surface area contributed by atoms with Crippen LogP contribution in [-0.2, 0) is 4.79 Å². The van der Waals surface area contributed by atoms with Crippen molar-refractivity contribution in [3.8, 4) is 0 Å². The van der Waals surface area contributed by atoms with Crippen LogP contribution < -0.4 is 11.1 Å². The SMILES string of the molecule is CC(=O)NC(C)CCCC(C)(C)O.CC(N)CCCC(C)(C)O. The average molecular weight is 333 g/mol. The van der Waals surface area contributed by atoms with Crippen molar-refractivity contribution in [3.63, 3.8) is 0 Å². The van der Waals surface area contributed by atoms with E-state index in [0.29, 0.717) is 0 Å². The van der Waals surface area contributed by atoms with Gasteiger partial charge in [0.05, 0.1) is 11.2 Å². The van der Waals surface area contributed by atoms with Gasteiger partial charge in [-0.1, -0.05) is 0 Å².